The quantitative estimate of drug-likeness (QED) is 0.669. The normalized spacial score (nSPS) is 14.5. The lowest BCUT2D eigenvalue weighted by Gasteiger charge is -2.20. The van der Waals surface area contributed by atoms with Crippen LogP contribution in [0.1, 0.15) is 41.0 Å². The van der Waals surface area contributed by atoms with Crippen LogP contribution in [-0.4, -0.2) is 35.0 Å². The summed E-state index contributed by atoms with van der Waals surface area (Å²) in [4.78, 5) is 33.7. The van der Waals surface area contributed by atoms with Crippen LogP contribution < -0.4 is 10.6 Å². The zero-order valence-corrected chi connectivity index (χ0v) is 11.5. The van der Waals surface area contributed by atoms with Crippen LogP contribution in [0.3, 0.4) is 0 Å². The SMILES string of the molecule is CC(NC(=O)C(C)NC(=O)CC(C)(C)C)C(=O)O. The second-order valence-corrected chi connectivity index (χ2v) is 5.60. The predicted octanol–water partition coefficient (Wildman–Crippen LogP) is 0.517. The highest BCUT2D eigenvalue weighted by atomic mass is 16.4. The van der Waals surface area contributed by atoms with Gasteiger partial charge < -0.3 is 15.7 Å². The van der Waals surface area contributed by atoms with Gasteiger partial charge in [-0.05, 0) is 19.3 Å². The summed E-state index contributed by atoms with van der Waals surface area (Å²) in [6, 6.07) is -1.72. The summed E-state index contributed by atoms with van der Waals surface area (Å²) in [6.45, 7) is 8.64. The number of aliphatic carboxylic acids is 1. The van der Waals surface area contributed by atoms with Crippen molar-refractivity contribution >= 4 is 17.8 Å². The summed E-state index contributed by atoms with van der Waals surface area (Å²) in [6.07, 6.45) is 0.305. The number of hydrogen-bond donors (Lipinski definition) is 3. The molecule has 2 atom stereocenters. The summed E-state index contributed by atoms with van der Waals surface area (Å²) in [7, 11) is 0. The van der Waals surface area contributed by atoms with E-state index in [1.165, 1.54) is 13.8 Å². The third-order valence-electron chi connectivity index (χ3n) is 2.19. The van der Waals surface area contributed by atoms with E-state index in [0.717, 1.165) is 0 Å². The topological polar surface area (TPSA) is 95.5 Å². The molecule has 6 nitrogen and oxygen atoms in total. The van der Waals surface area contributed by atoms with Gasteiger partial charge in [0, 0.05) is 6.42 Å². The van der Waals surface area contributed by atoms with Crippen LogP contribution in [0.4, 0.5) is 0 Å². The van der Waals surface area contributed by atoms with E-state index in [0.29, 0.717) is 6.42 Å². The molecule has 0 aliphatic carbocycles. The molecule has 0 saturated heterocycles. The molecule has 0 bridgehead atoms. The Bertz CT molecular complexity index is 333. The fourth-order valence-corrected chi connectivity index (χ4v) is 1.24. The largest absolute Gasteiger partial charge is 0.480 e. The highest BCUT2D eigenvalue weighted by molar-refractivity contribution is 5.90. The molecule has 0 saturated carbocycles. The second kappa shape index (κ2) is 6.37. The van der Waals surface area contributed by atoms with Gasteiger partial charge in [-0.3, -0.25) is 14.4 Å². The molecule has 3 N–H and O–H groups in total. The number of carboxylic acids is 1. The molecule has 0 spiro atoms. The molecular formula is C12H22N2O4. The number of hydrogen-bond acceptors (Lipinski definition) is 3. The monoisotopic (exact) mass is 258 g/mol. The van der Waals surface area contributed by atoms with Gasteiger partial charge in [0.1, 0.15) is 12.1 Å². The first-order valence-electron chi connectivity index (χ1n) is 5.85. The van der Waals surface area contributed by atoms with Crippen molar-refractivity contribution in [1.29, 1.82) is 0 Å². The molecule has 18 heavy (non-hydrogen) atoms. The van der Waals surface area contributed by atoms with Crippen molar-refractivity contribution in [2.24, 2.45) is 5.41 Å². The number of amides is 2. The van der Waals surface area contributed by atoms with Crippen molar-refractivity contribution in [1.82, 2.24) is 10.6 Å². The minimum atomic E-state index is -1.11. The van der Waals surface area contributed by atoms with E-state index in [1.54, 1.807) is 0 Å². The van der Waals surface area contributed by atoms with Gasteiger partial charge in [-0.15, -0.1) is 0 Å². The second-order valence-electron chi connectivity index (χ2n) is 5.60. The van der Waals surface area contributed by atoms with Crippen LogP contribution in [0, 0.1) is 5.41 Å². The molecule has 0 aliphatic heterocycles. The molecule has 0 fully saturated rings. The van der Waals surface area contributed by atoms with Crippen LogP contribution >= 0.6 is 0 Å². The molecule has 2 unspecified atom stereocenters. The van der Waals surface area contributed by atoms with Crippen LogP contribution in [0.2, 0.25) is 0 Å². The van der Waals surface area contributed by atoms with E-state index in [-0.39, 0.29) is 11.3 Å². The maximum atomic E-state index is 11.6. The summed E-state index contributed by atoms with van der Waals surface area (Å²) in [5.74, 6) is -1.85. The Balaban J connectivity index is 4.24. The summed E-state index contributed by atoms with van der Waals surface area (Å²) >= 11 is 0. The molecule has 6 heteroatoms. The van der Waals surface area contributed by atoms with Crippen molar-refractivity contribution in [2.45, 2.75) is 53.1 Å². The van der Waals surface area contributed by atoms with E-state index >= 15 is 0 Å². The molecule has 0 aromatic rings. The number of carboxylic acid groups (broad SMARTS) is 1. The standard InChI is InChI=1S/C12H22N2O4/c1-7(10(16)14-8(2)11(17)18)13-9(15)6-12(3,4)5/h7-8H,6H2,1-5H3,(H,13,15)(H,14,16)(H,17,18). The zero-order chi connectivity index (χ0) is 14.5. The highest BCUT2D eigenvalue weighted by Gasteiger charge is 2.22. The maximum absolute atomic E-state index is 11.6. The fraction of sp³-hybridized carbons (Fsp3) is 0.750. The Morgan fingerprint density at radius 1 is 1.06 bits per heavy atom. The van der Waals surface area contributed by atoms with E-state index in [9.17, 15) is 14.4 Å². The van der Waals surface area contributed by atoms with Crippen molar-refractivity contribution in [2.75, 3.05) is 0 Å². The molecule has 0 aromatic heterocycles. The van der Waals surface area contributed by atoms with Gasteiger partial charge in [0.25, 0.3) is 0 Å². The van der Waals surface area contributed by atoms with Crippen molar-refractivity contribution < 1.29 is 19.5 Å². The Labute approximate surface area is 107 Å². The summed E-state index contributed by atoms with van der Waals surface area (Å²) < 4.78 is 0. The Morgan fingerprint density at radius 3 is 1.94 bits per heavy atom. The lowest BCUT2D eigenvalue weighted by atomic mass is 9.92. The Hall–Kier alpha value is -1.59. The van der Waals surface area contributed by atoms with Gasteiger partial charge in [-0.1, -0.05) is 20.8 Å². The fourth-order valence-electron chi connectivity index (χ4n) is 1.24. The third-order valence-corrected chi connectivity index (χ3v) is 2.19. The molecule has 0 aromatic carbocycles. The predicted molar refractivity (Wildman–Crippen MR) is 66.9 cm³/mol. The first-order chi connectivity index (χ1) is 8.03. The number of nitrogens with one attached hydrogen (secondary N) is 2. The number of carbonyl (C=O) groups excluding carboxylic acids is 2. The molecule has 2 amide bonds. The van der Waals surface area contributed by atoms with E-state index < -0.39 is 24.0 Å². The van der Waals surface area contributed by atoms with E-state index in [1.807, 2.05) is 20.8 Å². The van der Waals surface area contributed by atoms with Gasteiger partial charge in [0.15, 0.2) is 0 Å². The average Bonchev–Trinajstić information content (AvgIpc) is 2.13. The van der Waals surface area contributed by atoms with Crippen LogP contribution in [0.15, 0.2) is 0 Å². The Morgan fingerprint density at radius 2 is 1.56 bits per heavy atom. The van der Waals surface area contributed by atoms with Gasteiger partial charge in [-0.2, -0.15) is 0 Å². The Kier molecular flexibility index (Phi) is 5.81. The van der Waals surface area contributed by atoms with Crippen LogP contribution in [0.5, 0.6) is 0 Å². The molecule has 0 aliphatic rings. The molecular weight excluding hydrogens is 236 g/mol. The maximum Gasteiger partial charge on any atom is 0.325 e. The van der Waals surface area contributed by atoms with E-state index in [4.69, 9.17) is 5.11 Å². The summed E-state index contributed by atoms with van der Waals surface area (Å²) in [5, 5.41) is 13.5. The van der Waals surface area contributed by atoms with Gasteiger partial charge in [0.05, 0.1) is 0 Å². The molecule has 0 radical (unpaired) electrons. The van der Waals surface area contributed by atoms with Gasteiger partial charge >= 0.3 is 5.97 Å². The molecule has 0 heterocycles. The highest BCUT2D eigenvalue weighted by Crippen LogP contribution is 2.17. The van der Waals surface area contributed by atoms with Crippen molar-refractivity contribution in [3.8, 4) is 0 Å². The van der Waals surface area contributed by atoms with E-state index in [2.05, 4.69) is 10.6 Å². The lowest BCUT2D eigenvalue weighted by Crippen LogP contribution is -2.49. The minimum Gasteiger partial charge on any atom is -0.480 e. The number of rotatable bonds is 5. The average molecular weight is 258 g/mol. The smallest absolute Gasteiger partial charge is 0.325 e. The first-order valence-corrected chi connectivity index (χ1v) is 5.85. The van der Waals surface area contributed by atoms with Crippen molar-refractivity contribution in [3.63, 3.8) is 0 Å². The van der Waals surface area contributed by atoms with Crippen molar-refractivity contribution in [3.05, 3.63) is 0 Å². The van der Waals surface area contributed by atoms with Gasteiger partial charge in [-0.25, -0.2) is 0 Å². The third kappa shape index (κ3) is 6.88. The molecule has 104 valence electrons. The zero-order valence-electron chi connectivity index (χ0n) is 11.5. The lowest BCUT2D eigenvalue weighted by molar-refractivity contribution is -0.141. The van der Waals surface area contributed by atoms with Crippen LogP contribution in [0.25, 0.3) is 0 Å². The van der Waals surface area contributed by atoms with Crippen LogP contribution in [-0.2, 0) is 14.4 Å². The first kappa shape index (κ1) is 16.4. The molecule has 0 rings (SSSR count). The summed E-state index contributed by atoms with van der Waals surface area (Å²) in [5.41, 5.74) is -0.158. The van der Waals surface area contributed by atoms with Gasteiger partial charge in [0.2, 0.25) is 11.8 Å². The minimum absolute atomic E-state index is 0.158. The number of carbonyl (C=O) groups is 3.